The number of H-pyrrole nitrogens is 1. The van der Waals surface area contributed by atoms with E-state index in [4.69, 9.17) is 0 Å². The van der Waals surface area contributed by atoms with E-state index in [1.807, 2.05) is 0 Å². The summed E-state index contributed by atoms with van der Waals surface area (Å²) in [7, 11) is 0. The summed E-state index contributed by atoms with van der Waals surface area (Å²) < 4.78 is 0. The van der Waals surface area contributed by atoms with Gasteiger partial charge in [-0.15, -0.1) is 0 Å². The second kappa shape index (κ2) is 3.90. The second-order valence-corrected chi connectivity index (χ2v) is 4.67. The number of rotatable bonds is 3. The number of amides is 1. The summed E-state index contributed by atoms with van der Waals surface area (Å²) >= 11 is 0. The Morgan fingerprint density at radius 1 is 1.50 bits per heavy atom. The molecule has 2 aliphatic rings. The summed E-state index contributed by atoms with van der Waals surface area (Å²) in [6.45, 7) is 2.13. The van der Waals surface area contributed by atoms with Gasteiger partial charge in [0.25, 0.3) is 5.91 Å². The van der Waals surface area contributed by atoms with E-state index in [2.05, 4.69) is 20.4 Å². The van der Waals surface area contributed by atoms with E-state index in [0.717, 1.165) is 25.6 Å². The third-order valence-electron chi connectivity index (χ3n) is 3.38. The quantitative estimate of drug-likeness (QED) is 0.774. The van der Waals surface area contributed by atoms with Crippen LogP contribution >= 0.6 is 0 Å². The Balaban J connectivity index is 1.53. The summed E-state index contributed by atoms with van der Waals surface area (Å²) in [6.07, 6.45) is 6.93. The SMILES string of the molecule is O=C(NC1CCN(C2CC2)C1)c1cn[nH]c1. The van der Waals surface area contributed by atoms with E-state index in [9.17, 15) is 4.79 Å². The standard InChI is InChI=1S/C11H16N4O/c16-11(8-5-12-13-6-8)14-9-3-4-15(7-9)10-1-2-10/h5-6,9-10H,1-4,7H2,(H,12,13)(H,14,16). The molecule has 1 unspecified atom stereocenters. The highest BCUT2D eigenvalue weighted by Crippen LogP contribution is 2.29. The lowest BCUT2D eigenvalue weighted by Crippen LogP contribution is -2.37. The van der Waals surface area contributed by atoms with E-state index in [1.165, 1.54) is 12.8 Å². The minimum atomic E-state index is -0.0172. The molecule has 0 radical (unpaired) electrons. The fourth-order valence-corrected chi connectivity index (χ4v) is 2.32. The number of aromatic amines is 1. The van der Waals surface area contributed by atoms with Gasteiger partial charge in [0.2, 0.25) is 0 Å². The first-order chi connectivity index (χ1) is 7.83. The number of hydrogen-bond acceptors (Lipinski definition) is 3. The van der Waals surface area contributed by atoms with Gasteiger partial charge in [-0.3, -0.25) is 14.8 Å². The number of likely N-dealkylation sites (tertiary alicyclic amines) is 1. The van der Waals surface area contributed by atoms with Crippen LogP contribution < -0.4 is 5.32 Å². The van der Waals surface area contributed by atoms with Crippen molar-refractivity contribution < 1.29 is 4.79 Å². The highest BCUT2D eigenvalue weighted by molar-refractivity contribution is 5.93. The van der Waals surface area contributed by atoms with Crippen LogP contribution in [-0.4, -0.2) is 46.2 Å². The van der Waals surface area contributed by atoms with Crippen LogP contribution in [0.1, 0.15) is 29.6 Å². The highest BCUT2D eigenvalue weighted by atomic mass is 16.1. The van der Waals surface area contributed by atoms with Crippen LogP contribution in [0.4, 0.5) is 0 Å². The molecule has 5 heteroatoms. The second-order valence-electron chi connectivity index (χ2n) is 4.67. The summed E-state index contributed by atoms with van der Waals surface area (Å²) in [5.41, 5.74) is 0.616. The number of carbonyl (C=O) groups excluding carboxylic acids is 1. The largest absolute Gasteiger partial charge is 0.348 e. The molecule has 3 rings (SSSR count). The Morgan fingerprint density at radius 3 is 3.06 bits per heavy atom. The van der Waals surface area contributed by atoms with Crippen molar-refractivity contribution in [2.45, 2.75) is 31.3 Å². The van der Waals surface area contributed by atoms with Crippen molar-refractivity contribution in [2.24, 2.45) is 0 Å². The lowest BCUT2D eigenvalue weighted by atomic mass is 10.2. The van der Waals surface area contributed by atoms with Crippen LogP contribution in [0, 0.1) is 0 Å². The molecule has 16 heavy (non-hydrogen) atoms. The lowest BCUT2D eigenvalue weighted by Gasteiger charge is -2.15. The van der Waals surface area contributed by atoms with Crippen LogP contribution in [-0.2, 0) is 0 Å². The van der Waals surface area contributed by atoms with E-state index in [-0.39, 0.29) is 5.91 Å². The Kier molecular flexibility index (Phi) is 2.40. The molecular formula is C11H16N4O. The van der Waals surface area contributed by atoms with E-state index < -0.39 is 0 Å². The molecule has 5 nitrogen and oxygen atoms in total. The summed E-state index contributed by atoms with van der Waals surface area (Å²) in [5.74, 6) is -0.0172. The summed E-state index contributed by atoms with van der Waals surface area (Å²) in [6, 6.07) is 1.11. The van der Waals surface area contributed by atoms with Crippen molar-refractivity contribution in [3.63, 3.8) is 0 Å². The molecule has 1 aliphatic carbocycles. The zero-order valence-electron chi connectivity index (χ0n) is 9.15. The molecular weight excluding hydrogens is 204 g/mol. The van der Waals surface area contributed by atoms with Crippen LogP contribution in [0.15, 0.2) is 12.4 Å². The van der Waals surface area contributed by atoms with Crippen molar-refractivity contribution in [1.29, 1.82) is 0 Å². The van der Waals surface area contributed by atoms with Crippen molar-refractivity contribution in [2.75, 3.05) is 13.1 Å². The molecule has 1 saturated heterocycles. The molecule has 1 saturated carbocycles. The Hall–Kier alpha value is -1.36. The number of hydrogen-bond donors (Lipinski definition) is 2. The minimum Gasteiger partial charge on any atom is -0.348 e. The normalized spacial score (nSPS) is 25.9. The Morgan fingerprint density at radius 2 is 2.38 bits per heavy atom. The molecule has 1 amide bonds. The first-order valence-corrected chi connectivity index (χ1v) is 5.86. The van der Waals surface area contributed by atoms with Gasteiger partial charge in [-0.2, -0.15) is 5.10 Å². The third kappa shape index (κ3) is 1.95. The van der Waals surface area contributed by atoms with E-state index in [0.29, 0.717) is 11.6 Å². The van der Waals surface area contributed by atoms with Gasteiger partial charge in [0, 0.05) is 31.4 Å². The van der Waals surface area contributed by atoms with Crippen molar-refractivity contribution in [3.05, 3.63) is 18.0 Å². The fraction of sp³-hybridized carbons (Fsp3) is 0.636. The van der Waals surface area contributed by atoms with Gasteiger partial charge in [-0.25, -0.2) is 0 Å². The van der Waals surface area contributed by atoms with Gasteiger partial charge in [-0.05, 0) is 19.3 Å². The molecule has 1 aliphatic heterocycles. The van der Waals surface area contributed by atoms with E-state index >= 15 is 0 Å². The molecule has 0 bridgehead atoms. The van der Waals surface area contributed by atoms with Gasteiger partial charge in [-0.1, -0.05) is 0 Å². The van der Waals surface area contributed by atoms with Gasteiger partial charge in [0.05, 0.1) is 11.8 Å². The van der Waals surface area contributed by atoms with Crippen molar-refractivity contribution in [1.82, 2.24) is 20.4 Å². The molecule has 0 spiro atoms. The molecule has 2 N–H and O–H groups in total. The van der Waals surface area contributed by atoms with Gasteiger partial charge >= 0.3 is 0 Å². The molecule has 2 fully saturated rings. The maximum absolute atomic E-state index is 11.8. The molecule has 86 valence electrons. The van der Waals surface area contributed by atoms with Gasteiger partial charge in [0.15, 0.2) is 0 Å². The molecule has 1 aromatic rings. The third-order valence-corrected chi connectivity index (χ3v) is 3.38. The number of nitrogens with zero attached hydrogens (tertiary/aromatic N) is 2. The smallest absolute Gasteiger partial charge is 0.254 e. The minimum absolute atomic E-state index is 0.0172. The van der Waals surface area contributed by atoms with Crippen LogP contribution in [0.3, 0.4) is 0 Å². The van der Waals surface area contributed by atoms with Crippen LogP contribution in [0.5, 0.6) is 0 Å². The monoisotopic (exact) mass is 220 g/mol. The topological polar surface area (TPSA) is 61.0 Å². The summed E-state index contributed by atoms with van der Waals surface area (Å²) in [4.78, 5) is 14.3. The first-order valence-electron chi connectivity index (χ1n) is 5.86. The van der Waals surface area contributed by atoms with Gasteiger partial charge in [0.1, 0.15) is 0 Å². The first kappa shape index (κ1) is 9.84. The van der Waals surface area contributed by atoms with E-state index in [1.54, 1.807) is 12.4 Å². The predicted molar refractivity (Wildman–Crippen MR) is 59.1 cm³/mol. The summed E-state index contributed by atoms with van der Waals surface area (Å²) in [5, 5.41) is 9.48. The fourth-order valence-electron chi connectivity index (χ4n) is 2.32. The maximum Gasteiger partial charge on any atom is 0.254 e. The lowest BCUT2D eigenvalue weighted by molar-refractivity contribution is 0.0937. The van der Waals surface area contributed by atoms with Crippen LogP contribution in [0.25, 0.3) is 0 Å². The van der Waals surface area contributed by atoms with Crippen molar-refractivity contribution in [3.8, 4) is 0 Å². The average molecular weight is 220 g/mol. The number of aromatic nitrogens is 2. The predicted octanol–water partition coefficient (Wildman–Crippen LogP) is 0.376. The van der Waals surface area contributed by atoms with Crippen molar-refractivity contribution >= 4 is 5.91 Å². The zero-order valence-corrected chi connectivity index (χ0v) is 9.15. The molecule has 1 atom stereocenters. The number of nitrogens with one attached hydrogen (secondary N) is 2. The molecule has 2 heterocycles. The number of carbonyl (C=O) groups is 1. The highest BCUT2D eigenvalue weighted by Gasteiger charge is 2.34. The maximum atomic E-state index is 11.8. The van der Waals surface area contributed by atoms with Crippen LogP contribution in [0.2, 0.25) is 0 Å². The molecule has 0 aromatic carbocycles. The Labute approximate surface area is 94.2 Å². The average Bonchev–Trinajstić information content (AvgIpc) is 2.82. The van der Waals surface area contributed by atoms with Gasteiger partial charge < -0.3 is 5.32 Å². The zero-order chi connectivity index (χ0) is 11.0. The Bertz CT molecular complexity index is 371. The molecule has 1 aromatic heterocycles.